The maximum absolute atomic E-state index is 13.3. The molecule has 1 nitrogen and oxygen atoms in total. The molecule has 0 saturated carbocycles. The highest BCUT2D eigenvalue weighted by Crippen LogP contribution is 2.30. The second kappa shape index (κ2) is 7.46. The van der Waals surface area contributed by atoms with Crippen molar-refractivity contribution in [3.63, 3.8) is 0 Å². The molecule has 21 heavy (non-hydrogen) atoms. The highest BCUT2D eigenvalue weighted by molar-refractivity contribution is 6.42. The van der Waals surface area contributed by atoms with Gasteiger partial charge in [0, 0.05) is 0 Å². The minimum absolute atomic E-state index is 0.107. The summed E-state index contributed by atoms with van der Waals surface area (Å²) in [4.78, 5) is 0. The fraction of sp³-hybridized carbons (Fsp3) is 0.250. The minimum Gasteiger partial charge on any atom is -0.306 e. The number of nitrogens with one attached hydrogen (secondary N) is 1. The predicted molar refractivity (Wildman–Crippen MR) is 88.0 cm³/mol. The average Bonchev–Trinajstić information content (AvgIpc) is 2.46. The van der Waals surface area contributed by atoms with Crippen molar-refractivity contribution in [2.45, 2.75) is 19.4 Å². The van der Waals surface area contributed by atoms with Gasteiger partial charge in [-0.25, -0.2) is 4.39 Å². The lowest BCUT2D eigenvalue weighted by molar-refractivity contribution is 0.593. The minimum atomic E-state index is -0.427. The van der Waals surface area contributed by atoms with E-state index in [2.05, 4.69) is 12.2 Å². The van der Waals surface area contributed by atoms with E-state index in [0.29, 0.717) is 10.0 Å². The van der Waals surface area contributed by atoms with Gasteiger partial charge in [0.05, 0.1) is 21.1 Å². The Bertz CT molecular complexity index is 579. The summed E-state index contributed by atoms with van der Waals surface area (Å²) in [6.45, 7) is 2.90. The standard InChI is InChI=1S/C16H15Cl3FN/c1-2-7-21-16(10-3-5-12(17)13(18)8-10)11-4-6-15(20)14(19)9-11/h3-6,8-9,16,21H,2,7H2,1H3. The molecular formula is C16H15Cl3FN. The van der Waals surface area contributed by atoms with Crippen LogP contribution in [-0.4, -0.2) is 6.54 Å². The first-order valence-electron chi connectivity index (χ1n) is 6.66. The average molecular weight is 347 g/mol. The van der Waals surface area contributed by atoms with Crippen molar-refractivity contribution in [2.75, 3.05) is 6.54 Å². The molecule has 0 amide bonds. The first kappa shape index (κ1) is 16.6. The van der Waals surface area contributed by atoms with Crippen LogP contribution in [0.3, 0.4) is 0 Å². The molecular weight excluding hydrogens is 332 g/mol. The van der Waals surface area contributed by atoms with Crippen LogP contribution in [0, 0.1) is 5.82 Å². The third kappa shape index (κ3) is 4.10. The second-order valence-electron chi connectivity index (χ2n) is 4.73. The lowest BCUT2D eigenvalue weighted by atomic mass is 9.98. The Morgan fingerprint density at radius 2 is 1.57 bits per heavy atom. The van der Waals surface area contributed by atoms with E-state index in [1.54, 1.807) is 18.2 Å². The van der Waals surface area contributed by atoms with Crippen molar-refractivity contribution < 1.29 is 4.39 Å². The molecule has 0 aliphatic rings. The highest BCUT2D eigenvalue weighted by Gasteiger charge is 2.16. The molecule has 112 valence electrons. The fourth-order valence-electron chi connectivity index (χ4n) is 2.10. The Labute approximate surface area is 139 Å². The predicted octanol–water partition coefficient (Wildman–Crippen LogP) is 5.87. The van der Waals surface area contributed by atoms with Crippen LogP contribution >= 0.6 is 34.8 Å². The van der Waals surface area contributed by atoms with Crippen LogP contribution in [0.25, 0.3) is 0 Å². The summed E-state index contributed by atoms with van der Waals surface area (Å²) < 4.78 is 13.3. The van der Waals surface area contributed by atoms with Gasteiger partial charge in [0.1, 0.15) is 5.82 Å². The van der Waals surface area contributed by atoms with Crippen LogP contribution in [0.15, 0.2) is 36.4 Å². The van der Waals surface area contributed by atoms with E-state index in [1.165, 1.54) is 6.07 Å². The number of hydrogen-bond donors (Lipinski definition) is 1. The molecule has 0 spiro atoms. The third-order valence-corrected chi connectivity index (χ3v) is 4.18. The topological polar surface area (TPSA) is 12.0 Å². The van der Waals surface area contributed by atoms with Crippen molar-refractivity contribution in [1.82, 2.24) is 5.32 Å². The van der Waals surface area contributed by atoms with Gasteiger partial charge in [-0.15, -0.1) is 0 Å². The molecule has 1 N–H and O–H groups in total. The molecule has 1 atom stereocenters. The van der Waals surface area contributed by atoms with E-state index < -0.39 is 5.82 Å². The van der Waals surface area contributed by atoms with E-state index in [1.807, 2.05) is 12.1 Å². The molecule has 0 aromatic heterocycles. The number of rotatable bonds is 5. The first-order chi connectivity index (χ1) is 10.0. The Kier molecular flexibility index (Phi) is 5.88. The van der Waals surface area contributed by atoms with Crippen LogP contribution in [-0.2, 0) is 0 Å². The Hall–Kier alpha value is -0.800. The molecule has 1 unspecified atom stereocenters. The molecule has 0 aliphatic heterocycles. The fourth-order valence-corrected chi connectivity index (χ4v) is 2.60. The summed E-state index contributed by atoms with van der Waals surface area (Å²) in [6.07, 6.45) is 0.979. The van der Waals surface area contributed by atoms with Crippen LogP contribution in [0.5, 0.6) is 0 Å². The third-order valence-electron chi connectivity index (χ3n) is 3.15. The number of benzene rings is 2. The van der Waals surface area contributed by atoms with Crippen molar-refractivity contribution in [3.05, 3.63) is 68.4 Å². The second-order valence-corrected chi connectivity index (χ2v) is 5.96. The zero-order valence-corrected chi connectivity index (χ0v) is 13.7. The maximum atomic E-state index is 13.3. The van der Waals surface area contributed by atoms with E-state index in [0.717, 1.165) is 24.1 Å². The SMILES string of the molecule is CCCNC(c1ccc(F)c(Cl)c1)c1ccc(Cl)c(Cl)c1. The van der Waals surface area contributed by atoms with Gasteiger partial charge in [0.15, 0.2) is 0 Å². The summed E-state index contributed by atoms with van der Waals surface area (Å²) in [7, 11) is 0. The molecule has 2 rings (SSSR count). The van der Waals surface area contributed by atoms with Crippen LogP contribution in [0.4, 0.5) is 4.39 Å². The summed E-state index contributed by atoms with van der Waals surface area (Å²) in [6, 6.07) is 10.1. The van der Waals surface area contributed by atoms with Gasteiger partial charge in [0.25, 0.3) is 0 Å². The lowest BCUT2D eigenvalue weighted by Crippen LogP contribution is -2.23. The van der Waals surface area contributed by atoms with Gasteiger partial charge in [-0.05, 0) is 48.4 Å². The molecule has 2 aromatic rings. The molecule has 5 heteroatoms. The largest absolute Gasteiger partial charge is 0.306 e. The monoisotopic (exact) mass is 345 g/mol. The summed E-state index contributed by atoms with van der Waals surface area (Å²) >= 11 is 17.9. The van der Waals surface area contributed by atoms with Gasteiger partial charge in [0.2, 0.25) is 0 Å². The van der Waals surface area contributed by atoms with Crippen molar-refractivity contribution in [2.24, 2.45) is 0 Å². The van der Waals surface area contributed by atoms with Crippen molar-refractivity contribution >= 4 is 34.8 Å². The van der Waals surface area contributed by atoms with Crippen LogP contribution < -0.4 is 5.32 Å². The Morgan fingerprint density at radius 1 is 0.952 bits per heavy atom. The van der Waals surface area contributed by atoms with Crippen molar-refractivity contribution in [1.29, 1.82) is 0 Å². The molecule has 0 fully saturated rings. The summed E-state index contributed by atoms with van der Waals surface area (Å²) in [5.41, 5.74) is 1.84. The number of halogens is 4. The highest BCUT2D eigenvalue weighted by atomic mass is 35.5. The Morgan fingerprint density at radius 3 is 2.14 bits per heavy atom. The van der Waals surface area contributed by atoms with Gasteiger partial charge in [-0.1, -0.05) is 53.9 Å². The molecule has 0 saturated heterocycles. The maximum Gasteiger partial charge on any atom is 0.141 e. The lowest BCUT2D eigenvalue weighted by Gasteiger charge is -2.20. The first-order valence-corrected chi connectivity index (χ1v) is 7.79. The van der Waals surface area contributed by atoms with Gasteiger partial charge in [-0.3, -0.25) is 0 Å². The molecule has 2 aromatic carbocycles. The van der Waals surface area contributed by atoms with Gasteiger partial charge in [-0.2, -0.15) is 0 Å². The van der Waals surface area contributed by atoms with Crippen molar-refractivity contribution in [3.8, 4) is 0 Å². The molecule has 0 bridgehead atoms. The molecule has 0 aliphatic carbocycles. The molecule has 0 heterocycles. The van der Waals surface area contributed by atoms with Gasteiger partial charge < -0.3 is 5.32 Å². The summed E-state index contributed by atoms with van der Waals surface area (Å²) in [5, 5.41) is 4.52. The normalized spacial score (nSPS) is 12.4. The van der Waals surface area contributed by atoms with E-state index in [-0.39, 0.29) is 11.1 Å². The van der Waals surface area contributed by atoms with E-state index in [4.69, 9.17) is 34.8 Å². The van der Waals surface area contributed by atoms with E-state index in [9.17, 15) is 4.39 Å². The van der Waals surface area contributed by atoms with Crippen LogP contribution in [0.2, 0.25) is 15.1 Å². The van der Waals surface area contributed by atoms with E-state index >= 15 is 0 Å². The summed E-state index contributed by atoms with van der Waals surface area (Å²) in [5.74, 6) is -0.427. The van der Waals surface area contributed by atoms with Gasteiger partial charge >= 0.3 is 0 Å². The Balaban J connectivity index is 2.41. The zero-order chi connectivity index (χ0) is 15.4. The zero-order valence-electron chi connectivity index (χ0n) is 11.5. The number of hydrogen-bond acceptors (Lipinski definition) is 1. The smallest absolute Gasteiger partial charge is 0.141 e. The molecule has 0 radical (unpaired) electrons. The quantitative estimate of drug-likeness (QED) is 0.713. The van der Waals surface area contributed by atoms with Crippen LogP contribution in [0.1, 0.15) is 30.5 Å².